The zero-order valence-corrected chi connectivity index (χ0v) is 11.3. The van der Waals surface area contributed by atoms with Crippen LogP contribution in [0, 0.1) is 0 Å². The minimum Gasteiger partial charge on any atom is -0.652 e. The molecule has 0 aromatic carbocycles. The first kappa shape index (κ1) is 22.6. The maximum absolute atomic E-state index is 10.1. The molecule has 0 heterocycles. The zero-order valence-electron chi connectivity index (χ0n) is 8.83. The summed E-state index contributed by atoms with van der Waals surface area (Å²) in [5.41, 5.74) is 0. The maximum Gasteiger partial charge on any atom is 2.00 e. The number of hydrogen-bond acceptors (Lipinski definition) is 9. The Labute approximate surface area is 120 Å². The second kappa shape index (κ2) is 11.5. The molecule has 0 fully saturated rings. The number of carboxylic acid groups (broad SMARTS) is 3. The van der Waals surface area contributed by atoms with E-state index in [-0.39, 0.29) is 26.2 Å². The summed E-state index contributed by atoms with van der Waals surface area (Å²) in [6.45, 7) is -0.843. The van der Waals surface area contributed by atoms with E-state index in [0.717, 1.165) is 0 Å². The molecule has 0 aromatic heterocycles. The Morgan fingerprint density at radius 2 is 1.33 bits per heavy atom. The van der Waals surface area contributed by atoms with Crippen LogP contribution in [0.3, 0.4) is 0 Å². The first-order valence-electron chi connectivity index (χ1n) is 4.09. The standard InChI is InChI=1S/C6H12O7.CH2O3.Zr/c7-1-2(8)3(9)4(10)5(11)6(12)13;2-1(3)4;/h2-5,7-11H,1H2,(H,12,13);(H2,2,3,4);/q;;+2/p-2/t2-,3-,4+,5-;;/m1../s1. The van der Waals surface area contributed by atoms with E-state index in [1.165, 1.54) is 0 Å². The van der Waals surface area contributed by atoms with Gasteiger partial charge in [-0.05, 0) is 6.16 Å². The molecule has 0 radical (unpaired) electrons. The number of rotatable bonds is 5. The van der Waals surface area contributed by atoms with E-state index >= 15 is 0 Å². The number of aliphatic hydroxyl groups is 5. The fraction of sp³-hybridized carbons (Fsp3) is 0.714. The van der Waals surface area contributed by atoms with Gasteiger partial charge in [0.05, 0.1) is 6.61 Å². The number of carboxylic acids is 1. The summed E-state index contributed by atoms with van der Waals surface area (Å²) in [6.07, 6.45) is -10.2. The topological polar surface area (TPSA) is 202 Å². The van der Waals surface area contributed by atoms with E-state index in [0.29, 0.717) is 0 Å². The third-order valence-electron chi connectivity index (χ3n) is 1.51. The molecule has 0 spiro atoms. The maximum atomic E-state index is 10.1. The van der Waals surface area contributed by atoms with Gasteiger partial charge in [0.1, 0.15) is 18.3 Å². The Bertz CT molecular complexity index is 242. The van der Waals surface area contributed by atoms with Crippen LogP contribution in [0.15, 0.2) is 0 Å². The van der Waals surface area contributed by atoms with Gasteiger partial charge in [-0.1, -0.05) is 0 Å². The van der Waals surface area contributed by atoms with Crippen molar-refractivity contribution in [3.8, 4) is 0 Å². The third kappa shape index (κ3) is 10.6. The van der Waals surface area contributed by atoms with Crippen LogP contribution in [0.2, 0.25) is 0 Å². The largest absolute Gasteiger partial charge is 2.00 e. The van der Waals surface area contributed by atoms with E-state index in [4.69, 9.17) is 45.6 Å². The van der Waals surface area contributed by atoms with Crippen LogP contribution in [0.4, 0.5) is 4.79 Å². The first-order valence-corrected chi connectivity index (χ1v) is 4.09. The number of aliphatic carboxylic acids is 1. The van der Waals surface area contributed by atoms with Gasteiger partial charge >= 0.3 is 32.2 Å². The first-order chi connectivity index (χ1) is 7.64. The van der Waals surface area contributed by atoms with Crippen LogP contribution in [-0.4, -0.2) is 73.8 Å². The molecule has 6 N–H and O–H groups in total. The summed E-state index contributed by atoms with van der Waals surface area (Å²) in [6, 6.07) is 0. The molecular weight excluding hydrogens is 335 g/mol. The van der Waals surface area contributed by atoms with Gasteiger partial charge in [-0.2, -0.15) is 0 Å². The van der Waals surface area contributed by atoms with Gasteiger partial charge in [0, 0.05) is 0 Å². The van der Waals surface area contributed by atoms with Gasteiger partial charge in [-0.3, -0.25) is 0 Å². The Morgan fingerprint density at radius 1 is 1.00 bits per heavy atom. The van der Waals surface area contributed by atoms with Gasteiger partial charge in [0.15, 0.2) is 6.10 Å². The molecule has 0 amide bonds. The van der Waals surface area contributed by atoms with E-state index in [9.17, 15) is 4.79 Å². The quantitative estimate of drug-likeness (QED) is 0.278. The molecule has 11 heteroatoms. The average molecular weight is 347 g/mol. The van der Waals surface area contributed by atoms with Crippen molar-refractivity contribution in [2.75, 3.05) is 6.61 Å². The van der Waals surface area contributed by atoms with Crippen LogP contribution < -0.4 is 10.2 Å². The van der Waals surface area contributed by atoms with Crippen LogP contribution in [0.25, 0.3) is 0 Å². The Kier molecular flexibility index (Phi) is 14.4. The minimum absolute atomic E-state index is 0. The van der Waals surface area contributed by atoms with Gasteiger partial charge in [0.25, 0.3) is 0 Å². The summed E-state index contributed by atoms with van der Waals surface area (Å²) < 4.78 is 0. The van der Waals surface area contributed by atoms with Crippen LogP contribution in [0.5, 0.6) is 0 Å². The third-order valence-corrected chi connectivity index (χ3v) is 1.51. The van der Waals surface area contributed by atoms with Crippen molar-refractivity contribution >= 4 is 12.1 Å². The number of carbonyl (C=O) groups is 2. The molecule has 0 aliphatic rings. The van der Waals surface area contributed by atoms with Crippen molar-refractivity contribution in [1.29, 1.82) is 0 Å². The minimum atomic E-state index is -2.33. The predicted molar refractivity (Wildman–Crippen MR) is 44.1 cm³/mol. The van der Waals surface area contributed by atoms with Crippen molar-refractivity contribution in [1.82, 2.24) is 0 Å². The van der Waals surface area contributed by atoms with E-state index < -0.39 is 43.1 Å². The van der Waals surface area contributed by atoms with Crippen molar-refractivity contribution in [3.63, 3.8) is 0 Å². The molecule has 0 rings (SSSR count). The average Bonchev–Trinajstić information content (AvgIpc) is 2.23. The molecule has 0 saturated carbocycles. The smallest absolute Gasteiger partial charge is 0.652 e. The Balaban J connectivity index is -0.000000392. The van der Waals surface area contributed by atoms with E-state index in [1.807, 2.05) is 0 Å². The molecule has 10 nitrogen and oxygen atoms in total. The van der Waals surface area contributed by atoms with Crippen molar-refractivity contribution in [2.24, 2.45) is 0 Å². The molecular formula is C7H12O10Zr. The van der Waals surface area contributed by atoms with Gasteiger partial charge < -0.3 is 45.6 Å². The molecule has 0 saturated heterocycles. The number of hydrogen-bond donors (Lipinski definition) is 6. The normalized spacial score (nSPS) is 16.1. The van der Waals surface area contributed by atoms with Crippen LogP contribution in [-0.2, 0) is 31.0 Å². The van der Waals surface area contributed by atoms with E-state index in [1.54, 1.807) is 0 Å². The summed E-state index contributed by atoms with van der Waals surface area (Å²) in [7, 11) is 0. The molecule has 0 unspecified atom stereocenters. The molecule has 0 aliphatic heterocycles. The molecule has 0 aliphatic carbocycles. The SMILES string of the molecule is O=C(O)[C@H](O)[C@@H](O)[C@H](O)[C@H](O)CO.O=C([O-])[O-].[Zr+2]. The monoisotopic (exact) mass is 346 g/mol. The zero-order chi connectivity index (χ0) is 14.2. The number of carbonyl (C=O) groups excluding carboxylic acids is 1. The summed E-state index contributed by atoms with van der Waals surface area (Å²) >= 11 is 0. The molecule has 0 bridgehead atoms. The van der Waals surface area contributed by atoms with Crippen molar-refractivity contribution < 1.29 is 76.6 Å². The molecule has 4 atom stereocenters. The molecule has 18 heavy (non-hydrogen) atoms. The van der Waals surface area contributed by atoms with Crippen molar-refractivity contribution in [2.45, 2.75) is 24.4 Å². The second-order valence-corrected chi connectivity index (χ2v) is 2.76. The second-order valence-electron chi connectivity index (χ2n) is 2.76. The predicted octanol–water partition coefficient (Wildman–Crippen LogP) is -5.94. The fourth-order valence-corrected chi connectivity index (χ4v) is 0.668. The molecule has 0 aromatic rings. The van der Waals surface area contributed by atoms with Gasteiger partial charge in [0.2, 0.25) is 0 Å². The van der Waals surface area contributed by atoms with Gasteiger partial charge in [-0.15, -0.1) is 0 Å². The van der Waals surface area contributed by atoms with Crippen LogP contribution >= 0.6 is 0 Å². The summed E-state index contributed by atoms with van der Waals surface area (Å²) in [5, 5.41) is 68.5. The van der Waals surface area contributed by atoms with Crippen LogP contribution in [0.1, 0.15) is 0 Å². The van der Waals surface area contributed by atoms with E-state index in [2.05, 4.69) is 0 Å². The van der Waals surface area contributed by atoms with Crippen molar-refractivity contribution in [3.05, 3.63) is 0 Å². The van der Waals surface area contributed by atoms with Gasteiger partial charge in [-0.25, -0.2) is 4.79 Å². The Morgan fingerprint density at radius 3 is 1.56 bits per heavy atom. The summed E-state index contributed by atoms with van der Waals surface area (Å²) in [4.78, 5) is 18.4. The Hall–Kier alpha value is -0.577. The fourth-order valence-electron chi connectivity index (χ4n) is 0.668. The molecule has 104 valence electrons. The summed E-state index contributed by atoms with van der Waals surface area (Å²) in [5.74, 6) is -1.73. The number of aliphatic hydroxyl groups excluding tert-OH is 5.